The molecule has 0 saturated heterocycles. The average Bonchev–Trinajstić information content (AvgIpc) is 2.93. The number of rotatable bonds is 3. The van der Waals surface area contributed by atoms with Crippen LogP contribution in [0.25, 0.3) is 11.3 Å². The van der Waals surface area contributed by atoms with Crippen molar-refractivity contribution < 1.29 is 4.42 Å². The molecule has 0 saturated carbocycles. The zero-order valence-corrected chi connectivity index (χ0v) is 11.6. The van der Waals surface area contributed by atoms with Gasteiger partial charge in [0.25, 0.3) is 0 Å². The number of anilines is 1. The highest BCUT2D eigenvalue weighted by molar-refractivity contribution is 5.73. The Labute approximate surface area is 117 Å². The van der Waals surface area contributed by atoms with E-state index in [-0.39, 0.29) is 0 Å². The Morgan fingerprint density at radius 3 is 2.60 bits per heavy atom. The quantitative estimate of drug-likeness (QED) is 0.791. The molecule has 0 aliphatic rings. The van der Waals surface area contributed by atoms with Gasteiger partial charge in [0, 0.05) is 11.8 Å². The molecule has 3 rings (SSSR count). The van der Waals surface area contributed by atoms with Crippen molar-refractivity contribution in [1.82, 2.24) is 9.78 Å². The summed E-state index contributed by atoms with van der Waals surface area (Å²) in [4.78, 5) is 0. The summed E-state index contributed by atoms with van der Waals surface area (Å²) in [5.41, 5.74) is 9.70. The van der Waals surface area contributed by atoms with Crippen LogP contribution in [0.3, 0.4) is 0 Å². The Balaban J connectivity index is 1.93. The van der Waals surface area contributed by atoms with E-state index in [0.717, 1.165) is 22.8 Å². The number of hydrogen-bond donors (Lipinski definition) is 1. The molecule has 0 atom stereocenters. The van der Waals surface area contributed by atoms with Crippen molar-refractivity contribution in [2.45, 2.75) is 20.4 Å². The highest BCUT2D eigenvalue weighted by Crippen LogP contribution is 2.29. The van der Waals surface area contributed by atoms with Gasteiger partial charge in [0.1, 0.15) is 17.2 Å². The smallest absolute Gasteiger partial charge is 0.119 e. The van der Waals surface area contributed by atoms with Gasteiger partial charge in [0.2, 0.25) is 0 Å². The Hall–Kier alpha value is -2.49. The number of nitrogen functional groups attached to an aromatic ring is 1. The highest BCUT2D eigenvalue weighted by atomic mass is 16.3. The van der Waals surface area contributed by atoms with Crippen LogP contribution in [0.1, 0.15) is 17.1 Å². The zero-order valence-electron chi connectivity index (χ0n) is 11.6. The second-order valence-corrected chi connectivity index (χ2v) is 4.94. The predicted octanol–water partition coefficient (Wildman–Crippen LogP) is 3.39. The predicted molar refractivity (Wildman–Crippen MR) is 79.4 cm³/mol. The molecular formula is C16H17N3O. The Morgan fingerprint density at radius 2 is 1.95 bits per heavy atom. The van der Waals surface area contributed by atoms with Gasteiger partial charge in [0.05, 0.1) is 12.2 Å². The summed E-state index contributed by atoms with van der Waals surface area (Å²) in [6.07, 6.45) is 1.87. The average molecular weight is 267 g/mol. The van der Waals surface area contributed by atoms with Crippen LogP contribution in [-0.2, 0) is 6.54 Å². The van der Waals surface area contributed by atoms with E-state index in [4.69, 9.17) is 10.2 Å². The van der Waals surface area contributed by atoms with Crippen molar-refractivity contribution in [2.75, 3.05) is 5.73 Å². The molecule has 0 bridgehead atoms. The first-order valence-electron chi connectivity index (χ1n) is 6.58. The first-order chi connectivity index (χ1) is 9.63. The van der Waals surface area contributed by atoms with Gasteiger partial charge in [-0.1, -0.05) is 30.3 Å². The number of hydrogen-bond acceptors (Lipinski definition) is 3. The molecule has 4 nitrogen and oxygen atoms in total. The largest absolute Gasteiger partial charge is 0.466 e. The SMILES string of the molecule is Cc1cc(-c2nn(Cc3ccccc3)cc2N)c(C)o1. The van der Waals surface area contributed by atoms with Crippen LogP contribution in [0.2, 0.25) is 0 Å². The van der Waals surface area contributed by atoms with Gasteiger partial charge in [-0.05, 0) is 25.5 Å². The molecule has 20 heavy (non-hydrogen) atoms. The first kappa shape index (κ1) is 12.5. The summed E-state index contributed by atoms with van der Waals surface area (Å²) in [7, 11) is 0. The van der Waals surface area contributed by atoms with Gasteiger partial charge in [0.15, 0.2) is 0 Å². The van der Waals surface area contributed by atoms with Crippen molar-refractivity contribution in [1.29, 1.82) is 0 Å². The van der Waals surface area contributed by atoms with Gasteiger partial charge in [-0.25, -0.2) is 0 Å². The Kier molecular flexibility index (Phi) is 3.06. The number of aryl methyl sites for hydroxylation is 2. The normalized spacial score (nSPS) is 10.9. The standard InChI is InChI=1S/C16H17N3O/c1-11-8-14(12(2)20-11)16-15(17)10-19(18-16)9-13-6-4-3-5-7-13/h3-8,10H,9,17H2,1-2H3. The highest BCUT2D eigenvalue weighted by Gasteiger charge is 2.14. The lowest BCUT2D eigenvalue weighted by atomic mass is 10.1. The summed E-state index contributed by atoms with van der Waals surface area (Å²) >= 11 is 0. The minimum absolute atomic E-state index is 0.671. The lowest BCUT2D eigenvalue weighted by Gasteiger charge is -2.00. The number of furan rings is 1. The van der Waals surface area contributed by atoms with Crippen LogP contribution in [-0.4, -0.2) is 9.78 Å². The molecule has 0 aliphatic carbocycles. The van der Waals surface area contributed by atoms with Crippen molar-refractivity contribution in [3.63, 3.8) is 0 Å². The molecule has 3 aromatic rings. The van der Waals surface area contributed by atoms with Crippen LogP contribution in [0.5, 0.6) is 0 Å². The fourth-order valence-electron chi connectivity index (χ4n) is 2.36. The summed E-state index contributed by atoms with van der Waals surface area (Å²) < 4.78 is 7.41. The molecule has 4 heteroatoms. The molecule has 0 aliphatic heterocycles. The minimum atomic E-state index is 0.671. The van der Waals surface area contributed by atoms with Gasteiger partial charge in [-0.15, -0.1) is 0 Å². The van der Waals surface area contributed by atoms with E-state index in [1.165, 1.54) is 5.56 Å². The molecule has 2 aromatic heterocycles. The number of aromatic nitrogens is 2. The second-order valence-electron chi connectivity index (χ2n) is 4.94. The molecule has 0 unspecified atom stereocenters. The van der Waals surface area contributed by atoms with E-state index in [9.17, 15) is 0 Å². The molecule has 2 N–H and O–H groups in total. The van der Waals surface area contributed by atoms with Gasteiger partial charge in [-0.2, -0.15) is 5.10 Å². The topological polar surface area (TPSA) is 57.0 Å². The summed E-state index contributed by atoms with van der Waals surface area (Å²) in [5.74, 6) is 1.72. The van der Waals surface area contributed by atoms with Crippen molar-refractivity contribution in [3.05, 3.63) is 59.7 Å². The monoisotopic (exact) mass is 267 g/mol. The van der Waals surface area contributed by atoms with E-state index >= 15 is 0 Å². The number of benzene rings is 1. The van der Waals surface area contributed by atoms with E-state index < -0.39 is 0 Å². The third-order valence-corrected chi connectivity index (χ3v) is 3.27. The fraction of sp³-hybridized carbons (Fsp3) is 0.188. The molecule has 0 spiro atoms. The summed E-state index contributed by atoms with van der Waals surface area (Å²) in [5, 5.41) is 4.58. The lowest BCUT2D eigenvalue weighted by molar-refractivity contribution is 0.505. The molecular weight excluding hydrogens is 250 g/mol. The van der Waals surface area contributed by atoms with Crippen molar-refractivity contribution >= 4 is 5.69 Å². The van der Waals surface area contributed by atoms with E-state index in [1.807, 2.05) is 49.0 Å². The minimum Gasteiger partial charge on any atom is -0.466 e. The summed E-state index contributed by atoms with van der Waals surface area (Å²) in [6, 6.07) is 12.2. The molecule has 1 aromatic carbocycles. The third-order valence-electron chi connectivity index (χ3n) is 3.27. The maximum Gasteiger partial charge on any atom is 0.119 e. The Bertz CT molecular complexity index is 726. The molecule has 2 heterocycles. The van der Waals surface area contributed by atoms with Gasteiger partial charge in [-0.3, -0.25) is 4.68 Å². The molecule has 102 valence electrons. The van der Waals surface area contributed by atoms with Gasteiger partial charge >= 0.3 is 0 Å². The van der Waals surface area contributed by atoms with Crippen LogP contribution in [0, 0.1) is 13.8 Å². The van der Waals surface area contributed by atoms with E-state index in [1.54, 1.807) is 0 Å². The second kappa shape index (κ2) is 4.89. The van der Waals surface area contributed by atoms with E-state index in [0.29, 0.717) is 12.2 Å². The van der Waals surface area contributed by atoms with Gasteiger partial charge < -0.3 is 10.2 Å². The fourth-order valence-corrected chi connectivity index (χ4v) is 2.36. The maximum absolute atomic E-state index is 6.08. The van der Waals surface area contributed by atoms with Crippen LogP contribution in [0.4, 0.5) is 5.69 Å². The van der Waals surface area contributed by atoms with Crippen LogP contribution < -0.4 is 5.73 Å². The third kappa shape index (κ3) is 2.32. The number of nitrogens with zero attached hydrogens (tertiary/aromatic N) is 2. The van der Waals surface area contributed by atoms with Crippen molar-refractivity contribution in [3.8, 4) is 11.3 Å². The van der Waals surface area contributed by atoms with Crippen LogP contribution in [0.15, 0.2) is 47.0 Å². The van der Waals surface area contributed by atoms with Crippen LogP contribution >= 0.6 is 0 Å². The molecule has 0 radical (unpaired) electrons. The zero-order chi connectivity index (χ0) is 14.1. The summed E-state index contributed by atoms with van der Waals surface area (Å²) in [6.45, 7) is 4.56. The first-order valence-corrected chi connectivity index (χ1v) is 6.58. The lowest BCUT2D eigenvalue weighted by Crippen LogP contribution is -2.00. The van der Waals surface area contributed by atoms with E-state index in [2.05, 4.69) is 17.2 Å². The molecule has 0 fully saturated rings. The maximum atomic E-state index is 6.08. The van der Waals surface area contributed by atoms with Crippen molar-refractivity contribution in [2.24, 2.45) is 0 Å². The Morgan fingerprint density at radius 1 is 1.20 bits per heavy atom. The number of nitrogens with two attached hydrogens (primary N) is 1. The molecule has 0 amide bonds.